The van der Waals surface area contributed by atoms with Crippen LogP contribution in [0.1, 0.15) is 29.5 Å². The van der Waals surface area contributed by atoms with Gasteiger partial charge in [0.15, 0.2) is 0 Å². The molecule has 0 aromatic heterocycles. The summed E-state index contributed by atoms with van der Waals surface area (Å²) in [7, 11) is 2.16. The average molecular weight is 273 g/mol. The molecular formula is C16H23N3O. The number of likely N-dealkylation sites (N-methyl/N-ethyl adjacent to an activating group) is 1. The number of morpholine rings is 1. The molecule has 2 N–H and O–H groups in total. The van der Waals surface area contributed by atoms with E-state index in [1.165, 1.54) is 11.1 Å². The van der Waals surface area contributed by atoms with Crippen molar-refractivity contribution < 1.29 is 4.74 Å². The Hall–Kier alpha value is -1.23. The molecule has 1 aromatic rings. The molecule has 0 spiro atoms. The summed E-state index contributed by atoms with van der Waals surface area (Å²) in [6, 6.07) is 9.32. The molecule has 0 bridgehead atoms. The summed E-state index contributed by atoms with van der Waals surface area (Å²) in [5, 5.41) is 0. The van der Waals surface area contributed by atoms with Crippen molar-refractivity contribution in [3.05, 3.63) is 35.4 Å². The monoisotopic (exact) mass is 273 g/mol. The molecule has 0 saturated carbocycles. The molecule has 1 aromatic carbocycles. The second-order valence-electron chi connectivity index (χ2n) is 5.77. The number of nitrogens with zero attached hydrogens (tertiary/aromatic N) is 2. The van der Waals surface area contributed by atoms with Gasteiger partial charge < -0.3 is 10.5 Å². The largest absolute Gasteiger partial charge is 0.378 e. The van der Waals surface area contributed by atoms with E-state index in [1.807, 2.05) is 6.21 Å². The fourth-order valence-corrected chi connectivity index (χ4v) is 3.10. The standard InChI is InChI=1S/C16H23N3O/c1-19-8-9-20-11-16(19)13-4-2-12(3-5-13)14-6-7-18-10-15(14)17/h2-5,10,14-16H,6-9,11,17H2,1H3/t14?,15?,16-/m1/s1. The predicted molar refractivity (Wildman–Crippen MR) is 81.3 cm³/mol. The Labute approximate surface area is 120 Å². The van der Waals surface area contributed by atoms with Gasteiger partial charge in [-0.25, -0.2) is 0 Å². The first-order valence-corrected chi connectivity index (χ1v) is 7.39. The summed E-state index contributed by atoms with van der Waals surface area (Å²) >= 11 is 0. The molecule has 2 aliphatic heterocycles. The third-order valence-corrected chi connectivity index (χ3v) is 4.46. The van der Waals surface area contributed by atoms with Crippen LogP contribution in [0, 0.1) is 0 Å². The van der Waals surface area contributed by atoms with Gasteiger partial charge in [0, 0.05) is 31.3 Å². The highest BCUT2D eigenvalue weighted by atomic mass is 16.5. The van der Waals surface area contributed by atoms with Crippen LogP contribution in [0.15, 0.2) is 29.3 Å². The van der Waals surface area contributed by atoms with Crippen molar-refractivity contribution in [3.8, 4) is 0 Å². The summed E-state index contributed by atoms with van der Waals surface area (Å²) in [6.07, 6.45) is 2.94. The molecule has 3 atom stereocenters. The van der Waals surface area contributed by atoms with E-state index in [-0.39, 0.29) is 6.04 Å². The van der Waals surface area contributed by atoms with Gasteiger partial charge in [0.1, 0.15) is 0 Å². The van der Waals surface area contributed by atoms with Gasteiger partial charge in [-0.2, -0.15) is 0 Å². The van der Waals surface area contributed by atoms with Crippen molar-refractivity contribution in [2.75, 3.05) is 33.4 Å². The number of hydrogen-bond donors (Lipinski definition) is 1. The molecule has 1 saturated heterocycles. The van der Waals surface area contributed by atoms with E-state index >= 15 is 0 Å². The lowest BCUT2D eigenvalue weighted by Crippen LogP contribution is -2.36. The van der Waals surface area contributed by atoms with E-state index < -0.39 is 0 Å². The Morgan fingerprint density at radius 1 is 1.25 bits per heavy atom. The molecular weight excluding hydrogens is 250 g/mol. The zero-order chi connectivity index (χ0) is 13.9. The lowest BCUT2D eigenvalue weighted by molar-refractivity contribution is 0.00505. The number of nitrogens with two attached hydrogens (primary N) is 1. The minimum Gasteiger partial charge on any atom is -0.378 e. The van der Waals surface area contributed by atoms with Crippen LogP contribution in [0.4, 0.5) is 0 Å². The summed E-state index contributed by atoms with van der Waals surface area (Å²) < 4.78 is 5.59. The Morgan fingerprint density at radius 3 is 2.70 bits per heavy atom. The maximum absolute atomic E-state index is 6.14. The molecule has 2 aliphatic rings. The molecule has 0 aliphatic carbocycles. The Bertz CT molecular complexity index is 471. The molecule has 20 heavy (non-hydrogen) atoms. The quantitative estimate of drug-likeness (QED) is 0.890. The minimum absolute atomic E-state index is 0.0512. The van der Waals surface area contributed by atoms with Gasteiger partial charge in [-0.15, -0.1) is 0 Å². The van der Waals surface area contributed by atoms with Crippen molar-refractivity contribution >= 4 is 6.21 Å². The smallest absolute Gasteiger partial charge is 0.0664 e. The molecule has 0 radical (unpaired) electrons. The molecule has 0 amide bonds. The molecule has 108 valence electrons. The average Bonchev–Trinajstić information content (AvgIpc) is 2.49. The van der Waals surface area contributed by atoms with Crippen LogP contribution in [0.25, 0.3) is 0 Å². The third kappa shape index (κ3) is 2.77. The zero-order valence-corrected chi connectivity index (χ0v) is 12.0. The summed E-state index contributed by atoms with van der Waals surface area (Å²) in [4.78, 5) is 6.62. The van der Waals surface area contributed by atoms with E-state index in [1.54, 1.807) is 0 Å². The SMILES string of the molecule is CN1CCOC[C@@H]1c1ccc(C2CCN=CC2N)cc1. The normalized spacial score (nSPS) is 31.4. The van der Waals surface area contributed by atoms with Gasteiger partial charge in [0.25, 0.3) is 0 Å². The number of benzene rings is 1. The molecule has 3 rings (SSSR count). The van der Waals surface area contributed by atoms with E-state index in [9.17, 15) is 0 Å². The fraction of sp³-hybridized carbons (Fsp3) is 0.562. The van der Waals surface area contributed by atoms with E-state index in [2.05, 4.69) is 41.2 Å². The van der Waals surface area contributed by atoms with Crippen LogP contribution in [0.3, 0.4) is 0 Å². The number of hydrogen-bond acceptors (Lipinski definition) is 4. The number of ether oxygens (including phenoxy) is 1. The van der Waals surface area contributed by atoms with Gasteiger partial charge in [-0.05, 0) is 24.6 Å². The summed E-state index contributed by atoms with van der Waals surface area (Å²) in [6.45, 7) is 3.50. The fourth-order valence-electron chi connectivity index (χ4n) is 3.10. The van der Waals surface area contributed by atoms with Gasteiger partial charge in [0.2, 0.25) is 0 Å². The van der Waals surface area contributed by atoms with E-state index in [0.717, 1.165) is 32.7 Å². The number of aliphatic imine (C=N–C) groups is 1. The molecule has 4 heteroatoms. The van der Waals surface area contributed by atoms with Crippen molar-refractivity contribution in [1.29, 1.82) is 0 Å². The van der Waals surface area contributed by atoms with E-state index in [0.29, 0.717) is 12.0 Å². The maximum Gasteiger partial charge on any atom is 0.0664 e. The first kappa shape index (κ1) is 13.7. The Balaban J connectivity index is 1.75. The Morgan fingerprint density at radius 2 is 2.00 bits per heavy atom. The van der Waals surface area contributed by atoms with Crippen molar-refractivity contribution in [1.82, 2.24) is 4.90 Å². The molecule has 1 fully saturated rings. The highest BCUT2D eigenvalue weighted by Crippen LogP contribution is 2.28. The van der Waals surface area contributed by atoms with Gasteiger partial charge in [-0.1, -0.05) is 24.3 Å². The van der Waals surface area contributed by atoms with Crippen molar-refractivity contribution in [2.24, 2.45) is 10.7 Å². The van der Waals surface area contributed by atoms with Crippen LogP contribution in [-0.4, -0.2) is 50.5 Å². The second kappa shape index (κ2) is 6.04. The summed E-state index contributed by atoms with van der Waals surface area (Å²) in [5.41, 5.74) is 8.79. The second-order valence-corrected chi connectivity index (χ2v) is 5.77. The summed E-state index contributed by atoms with van der Waals surface area (Å²) in [5.74, 6) is 0.405. The highest BCUT2D eigenvalue weighted by molar-refractivity contribution is 5.67. The van der Waals surface area contributed by atoms with Crippen LogP contribution in [-0.2, 0) is 4.74 Å². The lowest BCUT2D eigenvalue weighted by atomic mass is 9.87. The minimum atomic E-state index is 0.0512. The topological polar surface area (TPSA) is 50.8 Å². The molecule has 2 heterocycles. The van der Waals surface area contributed by atoms with Crippen molar-refractivity contribution in [2.45, 2.75) is 24.4 Å². The maximum atomic E-state index is 6.14. The zero-order valence-electron chi connectivity index (χ0n) is 12.0. The third-order valence-electron chi connectivity index (χ3n) is 4.46. The Kier molecular flexibility index (Phi) is 4.15. The van der Waals surface area contributed by atoms with Gasteiger partial charge in [-0.3, -0.25) is 9.89 Å². The van der Waals surface area contributed by atoms with Crippen molar-refractivity contribution in [3.63, 3.8) is 0 Å². The molecule has 2 unspecified atom stereocenters. The lowest BCUT2D eigenvalue weighted by Gasteiger charge is -2.33. The van der Waals surface area contributed by atoms with Gasteiger partial charge in [0.05, 0.1) is 19.3 Å². The van der Waals surface area contributed by atoms with E-state index in [4.69, 9.17) is 10.5 Å². The van der Waals surface area contributed by atoms with Crippen LogP contribution >= 0.6 is 0 Å². The highest BCUT2D eigenvalue weighted by Gasteiger charge is 2.23. The first-order chi connectivity index (χ1) is 9.75. The molecule has 4 nitrogen and oxygen atoms in total. The predicted octanol–water partition coefficient (Wildman–Crippen LogP) is 1.58. The van der Waals surface area contributed by atoms with Crippen LogP contribution in [0.5, 0.6) is 0 Å². The first-order valence-electron chi connectivity index (χ1n) is 7.39. The van der Waals surface area contributed by atoms with Crippen LogP contribution in [0.2, 0.25) is 0 Å². The van der Waals surface area contributed by atoms with Gasteiger partial charge >= 0.3 is 0 Å². The number of rotatable bonds is 2. The van der Waals surface area contributed by atoms with Crippen LogP contribution < -0.4 is 5.73 Å².